The number of nitrogens with zero attached hydrogens (tertiary/aromatic N) is 1. The number of rotatable bonds is 5. The van der Waals surface area contributed by atoms with Crippen molar-refractivity contribution in [2.75, 3.05) is 18.1 Å². The number of ether oxygens (including phenoxy) is 1. The fraction of sp³-hybridized carbons (Fsp3) is 0.208. The molecule has 1 aliphatic rings. The van der Waals surface area contributed by atoms with Crippen molar-refractivity contribution in [1.29, 1.82) is 0 Å². The van der Waals surface area contributed by atoms with Gasteiger partial charge in [0.15, 0.2) is 0 Å². The van der Waals surface area contributed by atoms with E-state index >= 15 is 0 Å². The van der Waals surface area contributed by atoms with Gasteiger partial charge in [-0.2, -0.15) is 0 Å². The fourth-order valence-corrected chi connectivity index (χ4v) is 3.75. The van der Waals surface area contributed by atoms with Crippen LogP contribution >= 0.6 is 0 Å². The zero-order valence-electron chi connectivity index (χ0n) is 16.6. The second kappa shape index (κ2) is 8.37. The highest BCUT2D eigenvalue weighted by atomic mass is 16.5. The molecule has 3 aromatic carbocycles. The Kier molecular flexibility index (Phi) is 5.48. The summed E-state index contributed by atoms with van der Waals surface area (Å²) in [6.07, 6.45) is 0. The maximum Gasteiger partial charge on any atom is 0.313 e. The Bertz CT molecular complexity index is 1100. The van der Waals surface area contributed by atoms with Crippen molar-refractivity contribution < 1.29 is 19.1 Å². The van der Waals surface area contributed by atoms with E-state index in [2.05, 4.69) is 5.32 Å². The van der Waals surface area contributed by atoms with Gasteiger partial charge in [-0.25, -0.2) is 0 Å². The second-order valence-electron chi connectivity index (χ2n) is 7.16. The smallest absolute Gasteiger partial charge is 0.313 e. The third-order valence-corrected chi connectivity index (χ3v) is 5.27. The molecule has 2 atom stereocenters. The maximum atomic E-state index is 13.1. The van der Waals surface area contributed by atoms with E-state index in [0.29, 0.717) is 11.3 Å². The van der Waals surface area contributed by atoms with Crippen LogP contribution in [0.25, 0.3) is 10.8 Å². The summed E-state index contributed by atoms with van der Waals surface area (Å²) in [6.45, 7) is 2.08. The van der Waals surface area contributed by atoms with Crippen LogP contribution in [0.5, 0.6) is 0 Å². The highest BCUT2D eigenvalue weighted by Gasteiger charge is 2.46. The molecule has 0 spiro atoms. The molecule has 152 valence electrons. The lowest BCUT2D eigenvalue weighted by molar-refractivity contribution is -0.148. The summed E-state index contributed by atoms with van der Waals surface area (Å²) >= 11 is 0. The predicted octanol–water partition coefficient (Wildman–Crippen LogP) is 3.16. The van der Waals surface area contributed by atoms with Crippen LogP contribution in [0.1, 0.15) is 17.3 Å². The van der Waals surface area contributed by atoms with Crippen molar-refractivity contribution >= 4 is 34.2 Å². The SMILES string of the molecule is CCOC(=O)[C@@H]1CN(c2ccccc2)C(=O)[C@@H]1NC(=O)c1ccc2ccccc2c1. The van der Waals surface area contributed by atoms with E-state index in [4.69, 9.17) is 4.74 Å². The predicted molar refractivity (Wildman–Crippen MR) is 114 cm³/mol. The first-order chi connectivity index (χ1) is 14.6. The Morgan fingerprint density at radius 3 is 2.43 bits per heavy atom. The Hall–Kier alpha value is -3.67. The molecular weight excluding hydrogens is 380 g/mol. The van der Waals surface area contributed by atoms with Crippen LogP contribution in [-0.4, -0.2) is 37.0 Å². The number of nitrogens with one attached hydrogen (secondary N) is 1. The summed E-state index contributed by atoms with van der Waals surface area (Å²) in [7, 11) is 0. The lowest BCUT2D eigenvalue weighted by Crippen LogP contribution is -2.46. The third-order valence-electron chi connectivity index (χ3n) is 5.27. The number of amides is 2. The molecular formula is C24H22N2O4. The summed E-state index contributed by atoms with van der Waals surface area (Å²) in [5.74, 6) is -1.99. The number of hydrogen-bond donors (Lipinski definition) is 1. The molecule has 0 bridgehead atoms. The van der Waals surface area contributed by atoms with Gasteiger partial charge in [0.1, 0.15) is 12.0 Å². The van der Waals surface area contributed by atoms with Crippen molar-refractivity contribution in [3.63, 3.8) is 0 Å². The summed E-state index contributed by atoms with van der Waals surface area (Å²) in [4.78, 5) is 40.1. The number of carbonyl (C=O) groups is 3. The van der Waals surface area contributed by atoms with E-state index in [1.165, 1.54) is 4.90 Å². The van der Waals surface area contributed by atoms with Gasteiger partial charge in [-0.15, -0.1) is 0 Å². The lowest BCUT2D eigenvalue weighted by Gasteiger charge is -2.17. The quantitative estimate of drug-likeness (QED) is 0.665. The molecule has 0 radical (unpaired) electrons. The number of fused-ring (bicyclic) bond motifs is 1. The van der Waals surface area contributed by atoms with Gasteiger partial charge < -0.3 is 15.0 Å². The van der Waals surface area contributed by atoms with Crippen LogP contribution in [0.3, 0.4) is 0 Å². The van der Waals surface area contributed by atoms with Gasteiger partial charge in [0, 0.05) is 17.8 Å². The Morgan fingerprint density at radius 1 is 1.00 bits per heavy atom. The molecule has 3 aromatic rings. The van der Waals surface area contributed by atoms with Gasteiger partial charge in [0.05, 0.1) is 6.61 Å². The Balaban J connectivity index is 1.60. The van der Waals surface area contributed by atoms with E-state index in [0.717, 1.165) is 10.8 Å². The minimum Gasteiger partial charge on any atom is -0.466 e. The molecule has 30 heavy (non-hydrogen) atoms. The normalized spacial score (nSPS) is 18.4. The highest BCUT2D eigenvalue weighted by molar-refractivity contribution is 6.07. The molecule has 2 amide bonds. The molecule has 1 saturated heterocycles. The second-order valence-corrected chi connectivity index (χ2v) is 7.16. The average molecular weight is 402 g/mol. The first-order valence-electron chi connectivity index (χ1n) is 9.91. The monoisotopic (exact) mass is 402 g/mol. The van der Waals surface area contributed by atoms with Crippen molar-refractivity contribution in [2.45, 2.75) is 13.0 Å². The fourth-order valence-electron chi connectivity index (χ4n) is 3.75. The average Bonchev–Trinajstić information content (AvgIpc) is 3.10. The largest absolute Gasteiger partial charge is 0.466 e. The van der Waals surface area contributed by atoms with E-state index in [-0.39, 0.29) is 19.1 Å². The molecule has 1 fully saturated rings. The molecule has 1 aliphatic heterocycles. The topological polar surface area (TPSA) is 75.7 Å². The molecule has 1 N–H and O–H groups in total. The molecule has 0 aliphatic carbocycles. The van der Waals surface area contributed by atoms with Gasteiger partial charge >= 0.3 is 5.97 Å². The number of para-hydroxylation sites is 1. The van der Waals surface area contributed by atoms with Gasteiger partial charge in [0.2, 0.25) is 0 Å². The molecule has 1 heterocycles. The third kappa shape index (κ3) is 3.76. The van der Waals surface area contributed by atoms with Crippen molar-refractivity contribution in [3.05, 3.63) is 78.4 Å². The van der Waals surface area contributed by atoms with Gasteiger partial charge in [-0.1, -0.05) is 48.5 Å². The van der Waals surface area contributed by atoms with Crippen LogP contribution in [0.4, 0.5) is 5.69 Å². The van der Waals surface area contributed by atoms with Crippen LogP contribution in [0.2, 0.25) is 0 Å². The zero-order chi connectivity index (χ0) is 21.1. The van der Waals surface area contributed by atoms with Crippen molar-refractivity contribution in [3.8, 4) is 0 Å². The number of benzene rings is 3. The molecule has 4 rings (SSSR count). The number of esters is 1. The van der Waals surface area contributed by atoms with E-state index in [1.54, 1.807) is 31.2 Å². The van der Waals surface area contributed by atoms with Gasteiger partial charge in [0.25, 0.3) is 11.8 Å². The molecule has 0 unspecified atom stereocenters. The van der Waals surface area contributed by atoms with E-state index < -0.39 is 23.8 Å². The summed E-state index contributed by atoms with van der Waals surface area (Å²) in [6, 6.07) is 21.2. The highest BCUT2D eigenvalue weighted by Crippen LogP contribution is 2.27. The number of hydrogen-bond acceptors (Lipinski definition) is 4. The van der Waals surface area contributed by atoms with Crippen molar-refractivity contribution in [2.24, 2.45) is 5.92 Å². The standard InChI is InChI=1S/C24H22N2O4/c1-2-30-24(29)20-15-26(19-10-4-3-5-11-19)23(28)21(20)25-22(27)18-13-12-16-8-6-7-9-17(16)14-18/h3-14,20-21H,2,15H2,1H3,(H,25,27)/t20-,21-/m1/s1. The minimum absolute atomic E-state index is 0.157. The van der Waals surface area contributed by atoms with Crippen molar-refractivity contribution in [1.82, 2.24) is 5.32 Å². The number of anilines is 1. The lowest BCUT2D eigenvalue weighted by atomic mass is 10.0. The number of carbonyl (C=O) groups excluding carboxylic acids is 3. The van der Waals surface area contributed by atoms with Crippen LogP contribution in [-0.2, 0) is 14.3 Å². The van der Waals surface area contributed by atoms with Crippen LogP contribution < -0.4 is 10.2 Å². The summed E-state index contributed by atoms with van der Waals surface area (Å²) < 4.78 is 5.16. The van der Waals surface area contributed by atoms with Crippen LogP contribution in [0, 0.1) is 5.92 Å². The Morgan fingerprint density at radius 2 is 1.70 bits per heavy atom. The first kappa shape index (κ1) is 19.6. The Labute approximate surface area is 174 Å². The zero-order valence-corrected chi connectivity index (χ0v) is 16.6. The molecule has 0 aromatic heterocycles. The van der Waals surface area contributed by atoms with Gasteiger partial charge in [-0.05, 0) is 42.0 Å². The summed E-state index contributed by atoms with van der Waals surface area (Å²) in [5.41, 5.74) is 1.11. The minimum atomic E-state index is -0.983. The van der Waals surface area contributed by atoms with Crippen LogP contribution in [0.15, 0.2) is 72.8 Å². The first-order valence-corrected chi connectivity index (χ1v) is 9.91. The van der Waals surface area contributed by atoms with Gasteiger partial charge in [-0.3, -0.25) is 14.4 Å². The maximum absolute atomic E-state index is 13.1. The molecule has 6 heteroatoms. The van der Waals surface area contributed by atoms with E-state index in [9.17, 15) is 14.4 Å². The summed E-state index contributed by atoms with van der Waals surface area (Å²) in [5, 5.41) is 4.71. The molecule has 6 nitrogen and oxygen atoms in total. The van der Waals surface area contributed by atoms with E-state index in [1.807, 2.05) is 48.5 Å². The molecule has 0 saturated carbocycles.